The third-order valence-corrected chi connectivity index (χ3v) is 2.82. The third kappa shape index (κ3) is 2.96. The normalized spacial score (nSPS) is 12.5. The highest BCUT2D eigenvalue weighted by atomic mass is 19.2. The highest BCUT2D eigenvalue weighted by molar-refractivity contribution is 5.25. The zero-order valence-electron chi connectivity index (χ0n) is 10.0. The Hall–Kier alpha value is -1.95. The topological polar surface area (TPSA) is 20.2 Å². The van der Waals surface area contributed by atoms with Crippen LogP contribution in [-0.4, -0.2) is 5.11 Å². The number of rotatable bonds is 3. The van der Waals surface area contributed by atoms with Gasteiger partial charge >= 0.3 is 0 Å². The maximum Gasteiger partial charge on any atom is 0.194 e. The maximum absolute atomic E-state index is 13.4. The monoisotopic (exact) mass is 288 g/mol. The van der Waals surface area contributed by atoms with Crippen LogP contribution in [-0.2, 0) is 6.42 Å². The van der Waals surface area contributed by atoms with Crippen molar-refractivity contribution in [1.82, 2.24) is 0 Å². The van der Waals surface area contributed by atoms with Gasteiger partial charge in [0.25, 0.3) is 0 Å². The molecule has 1 N–H and O–H groups in total. The molecule has 0 fully saturated rings. The molecule has 1 unspecified atom stereocenters. The van der Waals surface area contributed by atoms with E-state index in [2.05, 4.69) is 0 Å². The molecule has 0 heterocycles. The Labute approximate surface area is 111 Å². The van der Waals surface area contributed by atoms with Crippen molar-refractivity contribution in [3.8, 4) is 0 Å². The summed E-state index contributed by atoms with van der Waals surface area (Å²) in [6, 6.07) is 4.00. The Balaban J connectivity index is 2.26. The number of benzene rings is 2. The quantitative estimate of drug-likeness (QED) is 0.675. The van der Waals surface area contributed by atoms with Crippen molar-refractivity contribution in [3.63, 3.8) is 0 Å². The number of aliphatic hydroxyl groups is 1. The fourth-order valence-electron chi connectivity index (χ4n) is 1.78. The molecule has 0 aliphatic rings. The summed E-state index contributed by atoms with van der Waals surface area (Å²) < 4.78 is 64.9. The molecule has 0 spiro atoms. The highest BCUT2D eigenvalue weighted by Crippen LogP contribution is 2.23. The molecule has 0 aliphatic heterocycles. The highest BCUT2D eigenvalue weighted by Gasteiger charge is 2.17. The Bertz CT molecular complexity index is 618. The predicted octanol–water partition coefficient (Wildman–Crippen LogP) is 3.66. The van der Waals surface area contributed by atoms with Crippen molar-refractivity contribution in [1.29, 1.82) is 0 Å². The Morgan fingerprint density at radius 3 is 2.00 bits per heavy atom. The SMILES string of the molecule is OC(Cc1ccc(F)cc1F)c1cc(F)c(F)c(F)c1. The summed E-state index contributed by atoms with van der Waals surface area (Å²) in [4.78, 5) is 0. The van der Waals surface area contributed by atoms with E-state index >= 15 is 0 Å². The van der Waals surface area contributed by atoms with Crippen LogP contribution in [0, 0.1) is 29.1 Å². The maximum atomic E-state index is 13.4. The molecule has 2 rings (SSSR count). The first-order valence-corrected chi connectivity index (χ1v) is 5.65. The van der Waals surface area contributed by atoms with Gasteiger partial charge in [-0.25, -0.2) is 22.0 Å². The van der Waals surface area contributed by atoms with E-state index in [4.69, 9.17) is 0 Å². The predicted molar refractivity (Wildman–Crippen MR) is 61.3 cm³/mol. The lowest BCUT2D eigenvalue weighted by atomic mass is 10.0. The molecule has 1 atom stereocenters. The lowest BCUT2D eigenvalue weighted by molar-refractivity contribution is 0.175. The molecule has 2 aromatic carbocycles. The molecule has 0 bridgehead atoms. The van der Waals surface area contributed by atoms with Crippen LogP contribution >= 0.6 is 0 Å². The molecule has 0 aromatic heterocycles. The van der Waals surface area contributed by atoms with E-state index in [0.717, 1.165) is 12.1 Å². The minimum Gasteiger partial charge on any atom is -0.388 e. The van der Waals surface area contributed by atoms with Crippen molar-refractivity contribution >= 4 is 0 Å². The van der Waals surface area contributed by atoms with E-state index in [-0.39, 0.29) is 17.5 Å². The van der Waals surface area contributed by atoms with Crippen LogP contribution in [0.4, 0.5) is 22.0 Å². The molecule has 1 nitrogen and oxygen atoms in total. The number of hydrogen-bond donors (Lipinski definition) is 1. The average Bonchev–Trinajstić information content (AvgIpc) is 2.38. The number of halogens is 5. The second kappa shape index (κ2) is 5.58. The fraction of sp³-hybridized carbons (Fsp3) is 0.143. The van der Waals surface area contributed by atoms with Crippen molar-refractivity contribution in [2.24, 2.45) is 0 Å². The first-order valence-electron chi connectivity index (χ1n) is 5.65. The van der Waals surface area contributed by atoms with Gasteiger partial charge in [-0.15, -0.1) is 0 Å². The van der Waals surface area contributed by atoms with Gasteiger partial charge in [0.2, 0.25) is 0 Å². The van der Waals surface area contributed by atoms with E-state index in [1.54, 1.807) is 0 Å². The molecule has 0 aliphatic carbocycles. The molecule has 20 heavy (non-hydrogen) atoms. The van der Waals surface area contributed by atoms with Gasteiger partial charge in [-0.3, -0.25) is 0 Å². The Morgan fingerprint density at radius 2 is 1.45 bits per heavy atom. The van der Waals surface area contributed by atoms with Crippen molar-refractivity contribution in [2.75, 3.05) is 0 Å². The average molecular weight is 288 g/mol. The lowest BCUT2D eigenvalue weighted by Crippen LogP contribution is -2.06. The van der Waals surface area contributed by atoms with Gasteiger partial charge in [-0.1, -0.05) is 6.07 Å². The zero-order chi connectivity index (χ0) is 14.9. The summed E-state index contributed by atoms with van der Waals surface area (Å²) in [5.74, 6) is -6.20. The molecule has 0 saturated heterocycles. The molecular weight excluding hydrogens is 279 g/mol. The van der Waals surface area contributed by atoms with Crippen LogP contribution in [0.5, 0.6) is 0 Å². The van der Waals surface area contributed by atoms with Gasteiger partial charge in [-0.2, -0.15) is 0 Å². The largest absolute Gasteiger partial charge is 0.388 e. The van der Waals surface area contributed by atoms with Crippen LogP contribution < -0.4 is 0 Å². The summed E-state index contributed by atoms with van der Waals surface area (Å²) in [6.07, 6.45) is -1.77. The summed E-state index contributed by atoms with van der Waals surface area (Å²) in [6.45, 7) is 0. The fourth-order valence-corrected chi connectivity index (χ4v) is 1.78. The minimum absolute atomic E-state index is 0.0240. The first kappa shape index (κ1) is 14.5. The van der Waals surface area contributed by atoms with E-state index in [1.165, 1.54) is 0 Å². The minimum atomic E-state index is -1.64. The lowest BCUT2D eigenvalue weighted by Gasteiger charge is -2.12. The van der Waals surface area contributed by atoms with Gasteiger partial charge < -0.3 is 5.11 Å². The molecule has 0 saturated carbocycles. The van der Waals surface area contributed by atoms with Gasteiger partial charge in [0.05, 0.1) is 6.10 Å². The second-order valence-corrected chi connectivity index (χ2v) is 4.25. The zero-order valence-corrected chi connectivity index (χ0v) is 10.0. The van der Waals surface area contributed by atoms with E-state index in [1.807, 2.05) is 0 Å². The number of aliphatic hydroxyl groups excluding tert-OH is 1. The smallest absolute Gasteiger partial charge is 0.194 e. The number of hydrogen-bond acceptors (Lipinski definition) is 1. The molecule has 2 aromatic rings. The van der Waals surface area contributed by atoms with Crippen molar-refractivity contribution < 1.29 is 27.1 Å². The van der Waals surface area contributed by atoms with Crippen LogP contribution in [0.15, 0.2) is 30.3 Å². The second-order valence-electron chi connectivity index (χ2n) is 4.25. The van der Waals surface area contributed by atoms with E-state index in [0.29, 0.717) is 18.2 Å². The van der Waals surface area contributed by atoms with Crippen LogP contribution in [0.1, 0.15) is 17.2 Å². The molecular formula is C14H9F5O. The van der Waals surface area contributed by atoms with Gasteiger partial charge in [0.1, 0.15) is 11.6 Å². The van der Waals surface area contributed by atoms with Crippen LogP contribution in [0.2, 0.25) is 0 Å². The standard InChI is InChI=1S/C14H9F5O/c15-9-2-1-7(10(16)6-9)5-13(20)8-3-11(17)14(19)12(18)4-8/h1-4,6,13,20H,5H2. The summed E-state index contributed by atoms with van der Waals surface area (Å²) in [5, 5.41) is 9.79. The van der Waals surface area contributed by atoms with Crippen LogP contribution in [0.3, 0.4) is 0 Å². The molecule has 0 amide bonds. The molecule has 0 radical (unpaired) electrons. The van der Waals surface area contributed by atoms with Crippen LogP contribution in [0.25, 0.3) is 0 Å². The summed E-state index contributed by atoms with van der Waals surface area (Å²) in [5.41, 5.74) is -0.255. The van der Waals surface area contributed by atoms with Gasteiger partial charge in [0.15, 0.2) is 17.5 Å². The van der Waals surface area contributed by atoms with Gasteiger partial charge in [0, 0.05) is 12.5 Å². The van der Waals surface area contributed by atoms with Crippen molar-refractivity contribution in [3.05, 3.63) is 70.5 Å². The summed E-state index contributed by atoms with van der Waals surface area (Å²) in [7, 11) is 0. The third-order valence-electron chi connectivity index (χ3n) is 2.82. The summed E-state index contributed by atoms with van der Waals surface area (Å²) >= 11 is 0. The Kier molecular flexibility index (Phi) is 4.04. The molecule has 106 valence electrons. The van der Waals surface area contributed by atoms with Gasteiger partial charge in [-0.05, 0) is 29.3 Å². The molecule has 6 heteroatoms. The van der Waals surface area contributed by atoms with E-state index < -0.39 is 35.2 Å². The van der Waals surface area contributed by atoms with Crippen molar-refractivity contribution in [2.45, 2.75) is 12.5 Å². The first-order chi connectivity index (χ1) is 9.38. The Morgan fingerprint density at radius 1 is 0.850 bits per heavy atom. The van der Waals surface area contributed by atoms with E-state index in [9.17, 15) is 27.1 Å².